The zero-order chi connectivity index (χ0) is 22.8. The van der Waals surface area contributed by atoms with Crippen LogP contribution in [-0.2, 0) is 16.0 Å². The smallest absolute Gasteiger partial charge is 0.328 e. The van der Waals surface area contributed by atoms with E-state index in [1.807, 2.05) is 0 Å². The molecule has 0 radical (unpaired) electrons. The maximum Gasteiger partial charge on any atom is 0.328 e. The quantitative estimate of drug-likeness (QED) is 0.662. The lowest BCUT2D eigenvalue weighted by Crippen LogP contribution is -2.35. The highest BCUT2D eigenvalue weighted by molar-refractivity contribution is 6.14. The van der Waals surface area contributed by atoms with Gasteiger partial charge in [0.25, 0.3) is 0 Å². The summed E-state index contributed by atoms with van der Waals surface area (Å²) in [6.07, 6.45) is 2.16. The van der Waals surface area contributed by atoms with Crippen LogP contribution in [0.4, 0.5) is 0 Å². The summed E-state index contributed by atoms with van der Waals surface area (Å²) >= 11 is 0. The molecule has 1 aliphatic heterocycles. The molecule has 6 nitrogen and oxygen atoms in total. The van der Waals surface area contributed by atoms with Gasteiger partial charge < -0.3 is 15.1 Å². The van der Waals surface area contributed by atoms with Gasteiger partial charge in [-0.15, -0.1) is 0 Å². The number of aliphatic imine (C=N–C) groups is 1. The minimum Gasteiger partial charge on any atom is -0.478 e. The molecule has 31 heavy (non-hydrogen) atoms. The van der Waals surface area contributed by atoms with Crippen molar-refractivity contribution >= 4 is 17.7 Å². The molecule has 0 aromatic heterocycles. The summed E-state index contributed by atoms with van der Waals surface area (Å²) in [6.45, 7) is 9.83. The van der Waals surface area contributed by atoms with Crippen molar-refractivity contribution in [2.24, 2.45) is 4.99 Å². The van der Waals surface area contributed by atoms with Crippen molar-refractivity contribution in [3.8, 4) is 0 Å². The van der Waals surface area contributed by atoms with Crippen LogP contribution in [0.15, 0.2) is 65.7 Å². The topological polar surface area (TPSA) is 90.2 Å². The molecule has 2 aromatic carbocycles. The van der Waals surface area contributed by atoms with Gasteiger partial charge in [0, 0.05) is 29.8 Å². The summed E-state index contributed by atoms with van der Waals surface area (Å²) in [4.78, 5) is 26.7. The molecule has 1 aliphatic rings. The summed E-state index contributed by atoms with van der Waals surface area (Å²) in [5.74, 6) is -2.51. The predicted octanol–water partition coefficient (Wildman–Crippen LogP) is 3.81. The first kappa shape index (κ1) is 24.0. The van der Waals surface area contributed by atoms with Gasteiger partial charge in [0.15, 0.2) is 0 Å². The van der Waals surface area contributed by atoms with E-state index in [1.54, 1.807) is 0 Å². The van der Waals surface area contributed by atoms with E-state index in [1.165, 1.54) is 22.3 Å². The minimum absolute atomic E-state index is 0.348. The number of carboxylic acid groups (broad SMARTS) is 2. The molecule has 6 heteroatoms. The Morgan fingerprint density at radius 1 is 1.03 bits per heavy atom. The minimum atomic E-state index is -1.26. The van der Waals surface area contributed by atoms with E-state index < -0.39 is 11.9 Å². The van der Waals surface area contributed by atoms with Crippen LogP contribution in [0, 0.1) is 6.92 Å². The molecular formula is C25H30N2O4. The number of likely N-dealkylation sites (N-methyl/N-ethyl adjacent to an activating group) is 1. The lowest BCUT2D eigenvalue weighted by molar-refractivity contribution is -0.134. The van der Waals surface area contributed by atoms with Crippen LogP contribution < -0.4 is 0 Å². The van der Waals surface area contributed by atoms with Crippen LogP contribution in [0.1, 0.15) is 36.1 Å². The van der Waals surface area contributed by atoms with Crippen molar-refractivity contribution in [2.45, 2.75) is 33.2 Å². The molecule has 0 fully saturated rings. The number of aliphatic carboxylic acids is 2. The van der Waals surface area contributed by atoms with E-state index in [2.05, 4.69) is 74.2 Å². The molecule has 3 rings (SSSR count). The highest BCUT2D eigenvalue weighted by Crippen LogP contribution is 2.25. The number of carbonyl (C=O) groups is 2. The van der Waals surface area contributed by atoms with Gasteiger partial charge in [0.05, 0.1) is 11.8 Å². The molecule has 2 aromatic rings. The van der Waals surface area contributed by atoms with Crippen molar-refractivity contribution in [3.63, 3.8) is 0 Å². The molecule has 164 valence electrons. The number of rotatable bonds is 7. The number of carboxylic acids is 2. The van der Waals surface area contributed by atoms with Crippen LogP contribution in [0.5, 0.6) is 0 Å². The Hall–Kier alpha value is -3.25. The van der Waals surface area contributed by atoms with Crippen molar-refractivity contribution < 1.29 is 19.8 Å². The lowest BCUT2D eigenvalue weighted by Gasteiger charge is -2.28. The molecular weight excluding hydrogens is 392 g/mol. The first-order valence-corrected chi connectivity index (χ1v) is 10.4. The van der Waals surface area contributed by atoms with Gasteiger partial charge in [-0.2, -0.15) is 0 Å². The highest BCUT2D eigenvalue weighted by Gasteiger charge is 2.23. The fourth-order valence-electron chi connectivity index (χ4n) is 3.49. The zero-order valence-electron chi connectivity index (χ0n) is 18.3. The first-order chi connectivity index (χ1) is 14.8. The molecule has 0 saturated heterocycles. The predicted molar refractivity (Wildman–Crippen MR) is 123 cm³/mol. The number of nitrogens with zero attached hydrogens (tertiary/aromatic N) is 2. The zero-order valence-corrected chi connectivity index (χ0v) is 18.3. The van der Waals surface area contributed by atoms with E-state index in [0.29, 0.717) is 18.2 Å². The molecule has 0 spiro atoms. The van der Waals surface area contributed by atoms with E-state index >= 15 is 0 Å². The van der Waals surface area contributed by atoms with Gasteiger partial charge in [-0.1, -0.05) is 61.9 Å². The number of hydrogen-bond donors (Lipinski definition) is 2. The van der Waals surface area contributed by atoms with Gasteiger partial charge in [0.1, 0.15) is 0 Å². The summed E-state index contributed by atoms with van der Waals surface area (Å²) in [5.41, 5.74) is 6.43. The van der Waals surface area contributed by atoms with Crippen molar-refractivity contribution in [1.29, 1.82) is 0 Å². The van der Waals surface area contributed by atoms with Gasteiger partial charge >= 0.3 is 11.9 Å². The summed E-state index contributed by atoms with van der Waals surface area (Å²) in [7, 11) is 0. The third-order valence-electron chi connectivity index (χ3n) is 5.07. The molecule has 0 saturated carbocycles. The van der Waals surface area contributed by atoms with Crippen LogP contribution >= 0.6 is 0 Å². The summed E-state index contributed by atoms with van der Waals surface area (Å²) in [5, 5.41) is 15.6. The average molecular weight is 423 g/mol. The largest absolute Gasteiger partial charge is 0.478 e. The fraction of sp³-hybridized carbons (Fsp3) is 0.320. The third kappa shape index (κ3) is 7.50. The Morgan fingerprint density at radius 3 is 2.19 bits per heavy atom. The molecule has 0 bridgehead atoms. The summed E-state index contributed by atoms with van der Waals surface area (Å²) < 4.78 is 0. The first-order valence-electron chi connectivity index (χ1n) is 10.4. The van der Waals surface area contributed by atoms with Gasteiger partial charge in [-0.3, -0.25) is 4.99 Å². The van der Waals surface area contributed by atoms with Crippen molar-refractivity contribution in [1.82, 2.24) is 4.90 Å². The average Bonchev–Trinajstić information content (AvgIpc) is 2.76. The molecule has 1 unspecified atom stereocenters. The second kappa shape index (κ2) is 11.8. The fourth-order valence-corrected chi connectivity index (χ4v) is 3.49. The van der Waals surface area contributed by atoms with Crippen LogP contribution in [0.2, 0.25) is 0 Å². The maximum absolute atomic E-state index is 9.55. The van der Waals surface area contributed by atoms with Crippen LogP contribution in [-0.4, -0.2) is 58.4 Å². The second-order valence-electron chi connectivity index (χ2n) is 7.36. The van der Waals surface area contributed by atoms with E-state index in [9.17, 15) is 9.59 Å². The summed E-state index contributed by atoms with van der Waals surface area (Å²) in [6, 6.07) is 17.8. The van der Waals surface area contributed by atoms with Gasteiger partial charge in [-0.25, -0.2) is 9.59 Å². The Bertz CT molecular complexity index is 931. The Morgan fingerprint density at radius 2 is 1.65 bits per heavy atom. The second-order valence-corrected chi connectivity index (χ2v) is 7.36. The monoisotopic (exact) mass is 422 g/mol. The van der Waals surface area contributed by atoms with Crippen LogP contribution in [0.25, 0.3) is 0 Å². The molecule has 1 atom stereocenters. The highest BCUT2D eigenvalue weighted by atomic mass is 16.4. The normalized spacial score (nSPS) is 15.1. The van der Waals surface area contributed by atoms with E-state index in [4.69, 9.17) is 15.2 Å². The van der Waals surface area contributed by atoms with Crippen molar-refractivity contribution in [3.05, 3.63) is 82.9 Å². The van der Waals surface area contributed by atoms with Gasteiger partial charge in [0.2, 0.25) is 0 Å². The van der Waals surface area contributed by atoms with E-state index in [-0.39, 0.29) is 0 Å². The van der Waals surface area contributed by atoms with E-state index in [0.717, 1.165) is 31.8 Å². The van der Waals surface area contributed by atoms with Gasteiger partial charge in [-0.05, 0) is 38.1 Å². The number of aryl methyl sites for hydroxylation is 1. The van der Waals surface area contributed by atoms with Crippen molar-refractivity contribution in [2.75, 3.05) is 19.6 Å². The Balaban J connectivity index is 0.000000366. The maximum atomic E-state index is 9.55. The standard InChI is InChI=1S/C21H26N2.C4H4O4/c1-4-23(5-2)15-19-14-18-12-11-16(3)13-20(18)21(22-19)17-9-7-6-8-10-17;5-3(6)1-2-4(7)8/h6-13,19H,4-5,14-15H2,1-3H3;1-2H,(H,5,6)(H,7,8). The number of hydrogen-bond acceptors (Lipinski definition) is 4. The van der Waals surface area contributed by atoms with Crippen LogP contribution in [0.3, 0.4) is 0 Å². The number of fused-ring (bicyclic) bond motifs is 1. The third-order valence-corrected chi connectivity index (χ3v) is 5.07. The lowest BCUT2D eigenvalue weighted by atomic mass is 9.89. The molecule has 0 aliphatic carbocycles. The molecule has 1 heterocycles. The Kier molecular flexibility index (Phi) is 9.15. The molecule has 2 N–H and O–H groups in total. The number of benzene rings is 2. The SMILES string of the molecule is CCN(CC)CC1Cc2ccc(C)cc2C(c2ccccc2)=N1.O=C(O)C=CC(=O)O. The molecule has 0 amide bonds. The Labute approximate surface area is 183 Å².